The second kappa shape index (κ2) is 10.8. The Labute approximate surface area is 232 Å². The number of carbonyl (C=O) groups excluding carboxylic acids is 4. The molecule has 0 unspecified atom stereocenters. The highest BCUT2D eigenvalue weighted by atomic mass is 16.2. The first-order valence-corrected chi connectivity index (χ1v) is 14.0. The molecule has 1 aromatic carbocycles. The second-order valence-corrected chi connectivity index (χ2v) is 11.1. The van der Waals surface area contributed by atoms with E-state index in [-0.39, 0.29) is 24.1 Å². The predicted molar refractivity (Wildman–Crippen MR) is 147 cm³/mol. The maximum Gasteiger partial charge on any atom is 0.255 e. The third-order valence-corrected chi connectivity index (χ3v) is 8.58. The lowest BCUT2D eigenvalue weighted by Gasteiger charge is -2.39. The van der Waals surface area contributed by atoms with Crippen LogP contribution in [-0.4, -0.2) is 95.3 Å². The summed E-state index contributed by atoms with van der Waals surface area (Å²) in [5.41, 5.74) is 8.29. The monoisotopic (exact) mass is 546 g/mol. The molecular formula is C28H34N8O4. The summed E-state index contributed by atoms with van der Waals surface area (Å²) < 4.78 is 0. The Hall–Kier alpha value is -4.06. The van der Waals surface area contributed by atoms with Gasteiger partial charge in [-0.25, -0.2) is 9.97 Å². The molecule has 12 heteroatoms. The number of nitrogens with zero attached hydrogens (tertiary/aromatic N) is 6. The molecular weight excluding hydrogens is 512 g/mol. The van der Waals surface area contributed by atoms with E-state index >= 15 is 0 Å². The zero-order valence-electron chi connectivity index (χ0n) is 22.4. The van der Waals surface area contributed by atoms with Gasteiger partial charge in [-0.15, -0.1) is 0 Å². The maximum absolute atomic E-state index is 13.0. The molecule has 0 spiro atoms. The number of imide groups is 1. The number of benzene rings is 1. The zero-order chi connectivity index (χ0) is 27.8. The van der Waals surface area contributed by atoms with Gasteiger partial charge in [0.05, 0.1) is 5.56 Å². The number of carbonyl (C=O) groups is 4. The van der Waals surface area contributed by atoms with Crippen molar-refractivity contribution in [1.29, 1.82) is 0 Å². The van der Waals surface area contributed by atoms with Crippen molar-refractivity contribution in [2.24, 2.45) is 11.7 Å². The summed E-state index contributed by atoms with van der Waals surface area (Å²) in [5.74, 6) is -0.0495. The quantitative estimate of drug-likeness (QED) is 0.491. The summed E-state index contributed by atoms with van der Waals surface area (Å²) in [6, 6.07) is 5.38. The van der Waals surface area contributed by atoms with E-state index in [1.807, 2.05) is 12.1 Å². The number of rotatable bonds is 6. The summed E-state index contributed by atoms with van der Waals surface area (Å²) in [5, 5.41) is 2.36. The molecule has 2 aromatic rings. The van der Waals surface area contributed by atoms with Gasteiger partial charge in [0.1, 0.15) is 6.04 Å². The molecule has 12 nitrogen and oxygen atoms in total. The van der Waals surface area contributed by atoms with E-state index in [0.717, 1.165) is 69.9 Å². The van der Waals surface area contributed by atoms with Gasteiger partial charge < -0.3 is 20.4 Å². The normalized spacial score (nSPS) is 22.4. The maximum atomic E-state index is 13.0. The van der Waals surface area contributed by atoms with Gasteiger partial charge in [0, 0.05) is 82.4 Å². The third-order valence-electron chi connectivity index (χ3n) is 8.58. The smallest absolute Gasteiger partial charge is 0.255 e. The number of nitrogens with two attached hydrogens (primary N) is 1. The molecule has 40 heavy (non-hydrogen) atoms. The predicted octanol–water partition coefficient (Wildman–Crippen LogP) is 0.375. The molecule has 5 heterocycles. The molecule has 0 saturated carbocycles. The van der Waals surface area contributed by atoms with Gasteiger partial charge in [-0.3, -0.25) is 29.4 Å². The number of piperidine rings is 2. The highest BCUT2D eigenvalue weighted by molar-refractivity contribution is 6.05. The van der Waals surface area contributed by atoms with E-state index in [1.165, 1.54) is 12.4 Å². The van der Waals surface area contributed by atoms with E-state index in [4.69, 9.17) is 5.73 Å². The molecule has 1 atom stereocenters. The van der Waals surface area contributed by atoms with Crippen LogP contribution >= 0.6 is 0 Å². The minimum Gasteiger partial charge on any atom is -0.369 e. The highest BCUT2D eigenvalue weighted by Crippen LogP contribution is 2.31. The lowest BCUT2D eigenvalue weighted by Crippen LogP contribution is -2.52. The van der Waals surface area contributed by atoms with Crippen molar-refractivity contribution in [3.05, 3.63) is 47.3 Å². The Balaban J connectivity index is 0.986. The first kappa shape index (κ1) is 26.2. The Morgan fingerprint density at radius 1 is 0.950 bits per heavy atom. The van der Waals surface area contributed by atoms with Gasteiger partial charge in [-0.05, 0) is 48.9 Å². The number of amides is 4. The SMILES string of the molecule is NC(=O)c1cnc(N2CCC(CN3CCN(c4ccc5c(c4)CN([C@H]4CCC(=O)NC4=O)C5=O)CC3)CC2)nc1. The number of fused-ring (bicyclic) bond motifs is 1. The molecule has 3 saturated heterocycles. The van der Waals surface area contributed by atoms with Crippen molar-refractivity contribution in [3.63, 3.8) is 0 Å². The van der Waals surface area contributed by atoms with Crippen LogP contribution in [0.2, 0.25) is 0 Å². The molecule has 0 radical (unpaired) electrons. The number of aromatic nitrogens is 2. The Bertz CT molecular complexity index is 1320. The van der Waals surface area contributed by atoms with Gasteiger partial charge in [0.15, 0.2) is 0 Å². The molecule has 3 N–H and O–H groups in total. The molecule has 4 aliphatic rings. The van der Waals surface area contributed by atoms with Crippen LogP contribution in [0.1, 0.15) is 52.0 Å². The molecule has 210 valence electrons. The van der Waals surface area contributed by atoms with Gasteiger partial charge in [0.25, 0.3) is 11.8 Å². The third kappa shape index (κ3) is 5.23. The fraction of sp³-hybridized carbons (Fsp3) is 0.500. The van der Waals surface area contributed by atoms with Crippen LogP contribution < -0.4 is 20.9 Å². The summed E-state index contributed by atoms with van der Waals surface area (Å²) >= 11 is 0. The van der Waals surface area contributed by atoms with Crippen molar-refractivity contribution in [3.8, 4) is 0 Å². The van der Waals surface area contributed by atoms with Crippen molar-refractivity contribution in [1.82, 2.24) is 25.1 Å². The van der Waals surface area contributed by atoms with Gasteiger partial charge in [0.2, 0.25) is 17.8 Å². The first-order valence-electron chi connectivity index (χ1n) is 14.0. The van der Waals surface area contributed by atoms with E-state index in [9.17, 15) is 19.2 Å². The second-order valence-electron chi connectivity index (χ2n) is 11.1. The standard InChI is InChI=1S/C28H34N8O4/c29-25(38)20-14-30-28(31-15-20)35-7-5-18(6-8-35)16-33-9-11-34(12-10-33)21-1-2-22-19(13-21)17-36(27(22)40)23-3-4-24(37)32-26(23)39/h1-2,13-15,18,23H,3-12,16-17H2,(H2,29,38)(H,32,37,39)/t23-/m0/s1. The average Bonchev–Trinajstić information content (AvgIpc) is 3.29. The van der Waals surface area contributed by atoms with Gasteiger partial charge in [-0.2, -0.15) is 0 Å². The average molecular weight is 547 g/mol. The summed E-state index contributed by atoms with van der Waals surface area (Å²) in [4.78, 5) is 65.4. The van der Waals surface area contributed by atoms with Crippen molar-refractivity contribution in [2.75, 3.05) is 55.6 Å². The fourth-order valence-corrected chi connectivity index (χ4v) is 6.24. The zero-order valence-corrected chi connectivity index (χ0v) is 22.4. The van der Waals surface area contributed by atoms with E-state index < -0.39 is 11.9 Å². The fourth-order valence-electron chi connectivity index (χ4n) is 6.24. The van der Waals surface area contributed by atoms with Crippen molar-refractivity contribution < 1.29 is 19.2 Å². The first-order chi connectivity index (χ1) is 19.4. The Morgan fingerprint density at radius 3 is 2.35 bits per heavy atom. The molecule has 3 fully saturated rings. The van der Waals surface area contributed by atoms with Crippen LogP contribution in [0.3, 0.4) is 0 Å². The number of hydrogen-bond acceptors (Lipinski definition) is 9. The van der Waals surface area contributed by atoms with Crippen LogP contribution in [-0.2, 0) is 16.1 Å². The topological polar surface area (TPSA) is 145 Å². The number of hydrogen-bond donors (Lipinski definition) is 2. The van der Waals surface area contributed by atoms with Crippen molar-refractivity contribution >= 4 is 35.3 Å². The van der Waals surface area contributed by atoms with Crippen LogP contribution in [0, 0.1) is 5.92 Å². The number of piperazine rings is 1. The van der Waals surface area contributed by atoms with Crippen molar-refractivity contribution in [2.45, 2.75) is 38.3 Å². The lowest BCUT2D eigenvalue weighted by atomic mass is 9.96. The molecule has 4 amide bonds. The Morgan fingerprint density at radius 2 is 1.68 bits per heavy atom. The lowest BCUT2D eigenvalue weighted by molar-refractivity contribution is -0.136. The minimum absolute atomic E-state index is 0.138. The van der Waals surface area contributed by atoms with E-state index in [0.29, 0.717) is 36.0 Å². The van der Waals surface area contributed by atoms with E-state index in [2.05, 4.69) is 36.1 Å². The summed E-state index contributed by atoms with van der Waals surface area (Å²) in [6.45, 7) is 7.06. The Kier molecular flexibility index (Phi) is 7.09. The highest BCUT2D eigenvalue weighted by Gasteiger charge is 2.39. The number of primary amides is 1. The molecule has 0 bridgehead atoms. The summed E-state index contributed by atoms with van der Waals surface area (Å²) in [7, 11) is 0. The van der Waals surface area contributed by atoms with Gasteiger partial charge >= 0.3 is 0 Å². The number of anilines is 2. The van der Waals surface area contributed by atoms with Crippen LogP contribution in [0.15, 0.2) is 30.6 Å². The molecule has 4 aliphatic heterocycles. The van der Waals surface area contributed by atoms with Crippen LogP contribution in [0.5, 0.6) is 0 Å². The van der Waals surface area contributed by atoms with Gasteiger partial charge in [-0.1, -0.05) is 0 Å². The minimum atomic E-state index is -0.591. The molecule has 6 rings (SSSR count). The van der Waals surface area contributed by atoms with Crippen LogP contribution in [0.25, 0.3) is 0 Å². The summed E-state index contributed by atoms with van der Waals surface area (Å²) in [6.07, 6.45) is 5.75. The van der Waals surface area contributed by atoms with E-state index in [1.54, 1.807) is 4.90 Å². The van der Waals surface area contributed by atoms with Crippen LogP contribution in [0.4, 0.5) is 11.6 Å². The number of nitrogens with one attached hydrogen (secondary N) is 1. The molecule has 1 aromatic heterocycles. The largest absolute Gasteiger partial charge is 0.369 e. The molecule has 0 aliphatic carbocycles.